The van der Waals surface area contributed by atoms with Gasteiger partial charge in [-0.05, 0) is 31.9 Å². The topological polar surface area (TPSA) is 98.2 Å². The highest BCUT2D eigenvalue weighted by atomic mass is 32.2. The molecule has 1 atom stereocenters. The fourth-order valence-electron chi connectivity index (χ4n) is 2.34. The minimum Gasteiger partial charge on any atom is -0.438 e. The standard InChI is InChI=1S/C19H21N3O4S/c1-13(10-11-27(2,24)25)21-18(23)16-12-20-17(14-8-9-14)22-19(16)26-15-6-4-3-5-7-15/h3-7,10-14H,8-9H2,1-2H3,(H,21,23)/b11-10+. The normalized spacial score (nSPS) is 15.5. The maximum absolute atomic E-state index is 12.6. The molecule has 1 unspecified atom stereocenters. The molecule has 8 heteroatoms. The van der Waals surface area contributed by atoms with Gasteiger partial charge in [0.05, 0.1) is 0 Å². The van der Waals surface area contributed by atoms with Crippen molar-refractivity contribution in [3.63, 3.8) is 0 Å². The van der Waals surface area contributed by atoms with E-state index in [1.165, 1.54) is 12.3 Å². The van der Waals surface area contributed by atoms with E-state index in [0.29, 0.717) is 17.5 Å². The third-order valence-corrected chi connectivity index (χ3v) is 4.54. The van der Waals surface area contributed by atoms with Crippen molar-refractivity contribution in [3.05, 3.63) is 59.4 Å². The summed E-state index contributed by atoms with van der Waals surface area (Å²) < 4.78 is 28.3. The molecule has 3 rings (SSSR count). The van der Waals surface area contributed by atoms with E-state index in [1.54, 1.807) is 19.1 Å². The summed E-state index contributed by atoms with van der Waals surface area (Å²) in [5.74, 6) is 1.31. The van der Waals surface area contributed by atoms with Crippen molar-refractivity contribution < 1.29 is 17.9 Å². The van der Waals surface area contributed by atoms with Gasteiger partial charge in [0.15, 0.2) is 9.84 Å². The number of ether oxygens (including phenoxy) is 1. The molecule has 1 heterocycles. The Morgan fingerprint density at radius 2 is 2.00 bits per heavy atom. The summed E-state index contributed by atoms with van der Waals surface area (Å²) >= 11 is 0. The van der Waals surface area contributed by atoms with E-state index < -0.39 is 21.8 Å². The van der Waals surface area contributed by atoms with E-state index >= 15 is 0 Å². The zero-order valence-corrected chi connectivity index (χ0v) is 15.9. The van der Waals surface area contributed by atoms with Crippen LogP contribution in [0, 0.1) is 0 Å². The van der Waals surface area contributed by atoms with E-state index in [0.717, 1.165) is 24.5 Å². The molecule has 0 saturated heterocycles. The molecule has 0 spiro atoms. The minimum absolute atomic E-state index is 0.190. The van der Waals surface area contributed by atoms with E-state index in [-0.39, 0.29) is 11.4 Å². The van der Waals surface area contributed by atoms with Crippen LogP contribution in [0.3, 0.4) is 0 Å². The van der Waals surface area contributed by atoms with E-state index in [2.05, 4.69) is 15.3 Å². The van der Waals surface area contributed by atoms with Crippen LogP contribution in [0.2, 0.25) is 0 Å². The molecule has 1 fully saturated rings. The van der Waals surface area contributed by atoms with Crippen LogP contribution in [0.25, 0.3) is 0 Å². The maximum Gasteiger partial charge on any atom is 0.258 e. The summed E-state index contributed by atoms with van der Waals surface area (Å²) in [5, 5.41) is 3.77. The van der Waals surface area contributed by atoms with Gasteiger partial charge in [-0.2, -0.15) is 4.98 Å². The summed E-state index contributed by atoms with van der Waals surface area (Å²) in [7, 11) is -3.26. The number of hydrogen-bond donors (Lipinski definition) is 1. The van der Waals surface area contributed by atoms with Gasteiger partial charge in [0.1, 0.15) is 17.1 Å². The van der Waals surface area contributed by atoms with Crippen molar-refractivity contribution >= 4 is 15.7 Å². The van der Waals surface area contributed by atoms with Crippen LogP contribution in [0.15, 0.2) is 48.0 Å². The minimum atomic E-state index is -3.26. The fraction of sp³-hybridized carbons (Fsp3) is 0.316. The van der Waals surface area contributed by atoms with Gasteiger partial charge >= 0.3 is 0 Å². The number of carbonyl (C=O) groups is 1. The molecular formula is C19H21N3O4S. The number of sulfone groups is 1. The number of benzene rings is 1. The van der Waals surface area contributed by atoms with Gasteiger partial charge in [-0.1, -0.05) is 24.3 Å². The average molecular weight is 387 g/mol. The summed E-state index contributed by atoms with van der Waals surface area (Å²) in [6.45, 7) is 1.68. The largest absolute Gasteiger partial charge is 0.438 e. The summed E-state index contributed by atoms with van der Waals surface area (Å²) in [5.41, 5.74) is 0.197. The lowest BCUT2D eigenvalue weighted by molar-refractivity contribution is 0.0943. The van der Waals surface area contributed by atoms with Crippen molar-refractivity contribution in [2.45, 2.75) is 31.7 Å². The second-order valence-electron chi connectivity index (χ2n) is 6.56. The van der Waals surface area contributed by atoms with E-state index in [9.17, 15) is 13.2 Å². The first-order chi connectivity index (χ1) is 12.8. The average Bonchev–Trinajstić information content (AvgIpc) is 3.45. The van der Waals surface area contributed by atoms with Gasteiger partial charge in [0.25, 0.3) is 5.91 Å². The Bertz CT molecular complexity index is 954. The number of nitrogens with one attached hydrogen (secondary N) is 1. The Morgan fingerprint density at radius 1 is 1.30 bits per heavy atom. The van der Waals surface area contributed by atoms with Crippen LogP contribution in [-0.4, -0.2) is 36.6 Å². The molecule has 142 valence electrons. The molecule has 0 bridgehead atoms. The molecule has 2 aromatic rings. The zero-order valence-electron chi connectivity index (χ0n) is 15.1. The number of rotatable bonds is 7. The van der Waals surface area contributed by atoms with Crippen molar-refractivity contribution in [1.82, 2.24) is 15.3 Å². The first kappa shape index (κ1) is 19.0. The number of carbonyl (C=O) groups excluding carboxylic acids is 1. The number of aromatic nitrogens is 2. The van der Waals surface area contributed by atoms with E-state index in [1.807, 2.05) is 18.2 Å². The first-order valence-electron chi connectivity index (χ1n) is 8.61. The number of nitrogens with zero attached hydrogens (tertiary/aromatic N) is 2. The van der Waals surface area contributed by atoms with E-state index in [4.69, 9.17) is 4.74 Å². The SMILES string of the molecule is CC(/C=C/S(C)(=O)=O)NC(=O)c1cnc(C2CC2)nc1Oc1ccccc1. The van der Waals surface area contributed by atoms with Crippen LogP contribution >= 0.6 is 0 Å². The van der Waals surface area contributed by atoms with Crippen molar-refractivity contribution in [2.24, 2.45) is 0 Å². The molecule has 1 aliphatic rings. The lowest BCUT2D eigenvalue weighted by Gasteiger charge is -2.13. The fourth-order valence-corrected chi connectivity index (χ4v) is 2.87. The molecule has 7 nitrogen and oxygen atoms in total. The van der Waals surface area contributed by atoms with Gasteiger partial charge in [-0.3, -0.25) is 4.79 Å². The van der Waals surface area contributed by atoms with Gasteiger partial charge in [0.2, 0.25) is 5.88 Å². The Labute approximate surface area is 158 Å². The molecule has 1 saturated carbocycles. The van der Waals surface area contributed by atoms with Crippen molar-refractivity contribution in [3.8, 4) is 11.6 Å². The quantitative estimate of drug-likeness (QED) is 0.784. The Morgan fingerprint density at radius 3 is 2.63 bits per heavy atom. The number of amides is 1. The molecule has 1 aromatic carbocycles. The predicted molar refractivity (Wildman–Crippen MR) is 101 cm³/mol. The first-order valence-corrected chi connectivity index (χ1v) is 10.6. The van der Waals surface area contributed by atoms with Gasteiger partial charge in [-0.15, -0.1) is 0 Å². The lowest BCUT2D eigenvalue weighted by atomic mass is 10.2. The van der Waals surface area contributed by atoms with Crippen LogP contribution < -0.4 is 10.1 Å². The van der Waals surface area contributed by atoms with Crippen molar-refractivity contribution in [2.75, 3.05) is 6.26 Å². The smallest absolute Gasteiger partial charge is 0.258 e. The second-order valence-corrected chi connectivity index (χ2v) is 8.49. The van der Waals surface area contributed by atoms with Gasteiger partial charge in [-0.25, -0.2) is 13.4 Å². The summed E-state index contributed by atoms with van der Waals surface area (Å²) in [6.07, 6.45) is 6.02. The predicted octanol–water partition coefficient (Wildman–Crippen LogP) is 2.82. The maximum atomic E-state index is 12.6. The summed E-state index contributed by atoms with van der Waals surface area (Å²) in [6, 6.07) is 8.59. The molecule has 27 heavy (non-hydrogen) atoms. The van der Waals surface area contributed by atoms with Crippen LogP contribution in [0.4, 0.5) is 0 Å². The number of hydrogen-bond acceptors (Lipinski definition) is 6. The van der Waals surface area contributed by atoms with Crippen LogP contribution in [0.5, 0.6) is 11.6 Å². The molecule has 0 radical (unpaired) electrons. The highest BCUT2D eigenvalue weighted by molar-refractivity contribution is 7.93. The molecular weight excluding hydrogens is 366 g/mol. The molecule has 0 aliphatic heterocycles. The Balaban J connectivity index is 1.82. The lowest BCUT2D eigenvalue weighted by Crippen LogP contribution is -2.31. The second kappa shape index (κ2) is 7.87. The van der Waals surface area contributed by atoms with Crippen molar-refractivity contribution in [1.29, 1.82) is 0 Å². The Hall–Kier alpha value is -2.74. The summed E-state index contributed by atoms with van der Waals surface area (Å²) in [4.78, 5) is 21.4. The Kier molecular flexibility index (Phi) is 5.55. The highest BCUT2D eigenvalue weighted by Crippen LogP contribution is 2.39. The molecule has 1 aromatic heterocycles. The molecule has 1 N–H and O–H groups in total. The van der Waals surface area contributed by atoms with Gasteiger partial charge in [0, 0.05) is 29.8 Å². The zero-order chi connectivity index (χ0) is 19.4. The third-order valence-electron chi connectivity index (χ3n) is 3.89. The number of para-hydroxylation sites is 1. The highest BCUT2D eigenvalue weighted by Gasteiger charge is 2.28. The third kappa shape index (κ3) is 5.62. The molecule has 1 aliphatic carbocycles. The molecule has 1 amide bonds. The van der Waals surface area contributed by atoms with Crippen LogP contribution in [-0.2, 0) is 9.84 Å². The monoisotopic (exact) mass is 387 g/mol. The van der Waals surface area contributed by atoms with Gasteiger partial charge < -0.3 is 10.1 Å². The van der Waals surface area contributed by atoms with Crippen LogP contribution in [0.1, 0.15) is 41.9 Å².